The summed E-state index contributed by atoms with van der Waals surface area (Å²) in [6.45, 7) is 19.1. The number of aromatic nitrogens is 1. The molecule has 1 aliphatic heterocycles. The Hall–Kier alpha value is -6.00. The number of para-hydroxylation sites is 1. The molecule has 1 aliphatic rings. The van der Waals surface area contributed by atoms with Gasteiger partial charge in [0, 0.05) is 41.7 Å². The summed E-state index contributed by atoms with van der Waals surface area (Å²) in [5, 5.41) is 6.92. The van der Waals surface area contributed by atoms with Gasteiger partial charge in [0.05, 0.1) is 0 Å². The fourth-order valence-corrected chi connectivity index (χ4v) is 5.00. The van der Waals surface area contributed by atoms with Crippen LogP contribution in [0.5, 0.6) is 0 Å². The third kappa shape index (κ3) is 9.51. The fourth-order valence-electron chi connectivity index (χ4n) is 5.00. The van der Waals surface area contributed by atoms with Crippen LogP contribution in [0.15, 0.2) is 182 Å². The molecule has 1 aromatic heterocycles. The molecule has 5 rings (SSSR count). The number of aryl methyl sites for hydroxylation is 1. The number of anilines is 1. The van der Waals surface area contributed by atoms with E-state index in [9.17, 15) is 0 Å². The minimum atomic E-state index is 0.664. The molecule has 4 aromatic rings. The van der Waals surface area contributed by atoms with E-state index in [1.54, 1.807) is 6.08 Å². The molecule has 0 amide bonds. The number of rotatable bonds is 12. The van der Waals surface area contributed by atoms with Gasteiger partial charge in [-0.05, 0) is 106 Å². The quantitative estimate of drug-likeness (QED) is 0.118. The van der Waals surface area contributed by atoms with Gasteiger partial charge < -0.3 is 21.4 Å². The van der Waals surface area contributed by atoms with Crippen molar-refractivity contribution in [3.05, 3.63) is 204 Å². The van der Waals surface area contributed by atoms with Crippen molar-refractivity contribution in [3.8, 4) is 11.3 Å². The highest BCUT2D eigenvalue weighted by atomic mass is 14.9. The molecule has 0 fully saturated rings. The Kier molecular flexibility index (Phi) is 12.8. The van der Waals surface area contributed by atoms with Gasteiger partial charge in [0.15, 0.2) is 0 Å². The highest BCUT2D eigenvalue weighted by Crippen LogP contribution is 2.26. The molecule has 0 unspecified atom stereocenters. The van der Waals surface area contributed by atoms with Crippen LogP contribution in [0, 0.1) is 6.92 Å². The molecule has 0 saturated carbocycles. The maximum atomic E-state index is 6.13. The molecule has 0 atom stereocenters. The first-order valence-electron chi connectivity index (χ1n) is 16.3. The van der Waals surface area contributed by atoms with Crippen molar-refractivity contribution in [1.82, 2.24) is 10.3 Å². The van der Waals surface area contributed by atoms with E-state index in [-0.39, 0.29) is 0 Å². The topological polar surface area (TPSA) is 65.9 Å². The van der Waals surface area contributed by atoms with Gasteiger partial charge in [0.1, 0.15) is 0 Å². The van der Waals surface area contributed by atoms with Crippen molar-refractivity contribution in [3.63, 3.8) is 0 Å². The SMILES string of the molecule is C=C/C=C(\N)C1=CC=C(c2ccc(C)c(/C=C\C(=C)C(=C)/C=C\C(=C/Nc3ccccc3)c3cccc(-c4ccc[nH]4)c3)c2)NC1.CC. The largest absolute Gasteiger partial charge is 0.398 e. The molecule has 0 aliphatic carbocycles. The minimum absolute atomic E-state index is 0.664. The maximum Gasteiger partial charge on any atom is 0.0454 e. The van der Waals surface area contributed by atoms with Gasteiger partial charge in [0.2, 0.25) is 0 Å². The van der Waals surface area contributed by atoms with E-state index in [2.05, 4.69) is 115 Å². The molecule has 4 nitrogen and oxygen atoms in total. The number of allylic oxidation sites excluding steroid dienone is 10. The van der Waals surface area contributed by atoms with Crippen molar-refractivity contribution in [2.24, 2.45) is 5.73 Å². The van der Waals surface area contributed by atoms with Crippen molar-refractivity contribution < 1.29 is 0 Å². The van der Waals surface area contributed by atoms with E-state index < -0.39 is 0 Å². The number of nitrogens with two attached hydrogens (primary N) is 1. The zero-order valence-electron chi connectivity index (χ0n) is 28.3. The number of dihydropyridines is 1. The lowest BCUT2D eigenvalue weighted by Crippen LogP contribution is -2.21. The van der Waals surface area contributed by atoms with Crippen LogP contribution < -0.4 is 16.4 Å². The molecule has 0 spiro atoms. The van der Waals surface area contributed by atoms with Gasteiger partial charge in [-0.3, -0.25) is 0 Å². The molecule has 242 valence electrons. The average molecular weight is 631 g/mol. The Bertz CT molecular complexity index is 1910. The summed E-state index contributed by atoms with van der Waals surface area (Å²) in [6, 6.07) is 29.1. The molecule has 0 saturated heterocycles. The average Bonchev–Trinajstić information content (AvgIpc) is 3.68. The Morgan fingerprint density at radius 1 is 0.833 bits per heavy atom. The Morgan fingerprint density at radius 3 is 2.33 bits per heavy atom. The molecular formula is C44H46N4. The molecule has 3 aromatic carbocycles. The lowest BCUT2D eigenvalue weighted by Gasteiger charge is -2.18. The Balaban J connectivity index is 0.00000255. The van der Waals surface area contributed by atoms with Crippen LogP contribution in [0.25, 0.3) is 28.6 Å². The second kappa shape index (κ2) is 17.6. The summed E-state index contributed by atoms with van der Waals surface area (Å²) in [7, 11) is 0. The number of hydrogen-bond acceptors (Lipinski definition) is 3. The van der Waals surface area contributed by atoms with Crippen molar-refractivity contribution in [2.75, 3.05) is 11.9 Å². The molecule has 4 heteroatoms. The third-order valence-electron chi connectivity index (χ3n) is 7.79. The zero-order chi connectivity index (χ0) is 34.3. The van der Waals surface area contributed by atoms with Crippen LogP contribution in [-0.2, 0) is 0 Å². The summed E-state index contributed by atoms with van der Waals surface area (Å²) in [6.07, 6.45) is 19.8. The zero-order valence-corrected chi connectivity index (χ0v) is 28.3. The number of H-pyrrole nitrogens is 1. The second-order valence-electron chi connectivity index (χ2n) is 11.0. The van der Waals surface area contributed by atoms with E-state index >= 15 is 0 Å². The van der Waals surface area contributed by atoms with Crippen LogP contribution >= 0.6 is 0 Å². The van der Waals surface area contributed by atoms with Crippen molar-refractivity contribution in [2.45, 2.75) is 20.8 Å². The van der Waals surface area contributed by atoms with Gasteiger partial charge >= 0.3 is 0 Å². The monoisotopic (exact) mass is 630 g/mol. The second-order valence-corrected chi connectivity index (χ2v) is 11.0. The third-order valence-corrected chi connectivity index (χ3v) is 7.79. The first kappa shape index (κ1) is 34.9. The van der Waals surface area contributed by atoms with Gasteiger partial charge in [-0.1, -0.05) is 119 Å². The molecule has 0 bridgehead atoms. The fraction of sp³-hybridized carbons (Fsp3) is 0.0909. The van der Waals surface area contributed by atoms with Gasteiger partial charge in [-0.2, -0.15) is 0 Å². The van der Waals surface area contributed by atoms with E-state index in [4.69, 9.17) is 5.73 Å². The molecule has 5 N–H and O–H groups in total. The molecule has 0 radical (unpaired) electrons. The minimum Gasteiger partial charge on any atom is -0.398 e. The molecular weight excluding hydrogens is 585 g/mol. The van der Waals surface area contributed by atoms with Gasteiger partial charge in [-0.15, -0.1) is 0 Å². The van der Waals surface area contributed by atoms with Crippen LogP contribution in [0.3, 0.4) is 0 Å². The predicted molar refractivity (Wildman–Crippen MR) is 210 cm³/mol. The van der Waals surface area contributed by atoms with E-state index in [1.807, 2.05) is 80.9 Å². The summed E-state index contributed by atoms with van der Waals surface area (Å²) in [5.41, 5.74) is 19.3. The number of benzene rings is 3. The lowest BCUT2D eigenvalue weighted by atomic mass is 9.98. The first-order chi connectivity index (χ1) is 23.4. The Labute approximate surface area is 286 Å². The predicted octanol–water partition coefficient (Wildman–Crippen LogP) is 10.8. The highest BCUT2D eigenvalue weighted by Gasteiger charge is 2.10. The van der Waals surface area contributed by atoms with Crippen LogP contribution in [0.4, 0.5) is 5.69 Å². The van der Waals surface area contributed by atoms with E-state index in [0.717, 1.165) is 67.3 Å². The molecule has 48 heavy (non-hydrogen) atoms. The standard InChI is InChI=1S/C42H40N4.C2H6/c1-5-11-40(43)38-23-24-42(46-29-38)36-21-19-32(4)33(26-36)20-17-30(2)31(3)18-22-37(28-45-39-14-7-6-8-15-39)34-12-9-13-35(27-34)41-16-10-25-44-41;1-2/h5-28,44-46H,1-3,29,43H2,4H3;1-2H3/b20-17-,22-18-,37-28+,40-11-;. The summed E-state index contributed by atoms with van der Waals surface area (Å²) >= 11 is 0. The first-order valence-corrected chi connectivity index (χ1v) is 16.3. The molecule has 2 heterocycles. The van der Waals surface area contributed by atoms with Crippen LogP contribution in [0.2, 0.25) is 0 Å². The van der Waals surface area contributed by atoms with E-state index in [0.29, 0.717) is 6.54 Å². The Morgan fingerprint density at radius 2 is 1.62 bits per heavy atom. The normalized spacial score (nSPS) is 13.2. The number of nitrogens with one attached hydrogen (secondary N) is 3. The maximum absolute atomic E-state index is 6.13. The number of hydrogen-bond donors (Lipinski definition) is 4. The number of aromatic amines is 1. The van der Waals surface area contributed by atoms with Crippen molar-refractivity contribution in [1.29, 1.82) is 0 Å². The summed E-state index contributed by atoms with van der Waals surface area (Å²) < 4.78 is 0. The van der Waals surface area contributed by atoms with Crippen LogP contribution in [0.1, 0.15) is 36.1 Å². The smallest absolute Gasteiger partial charge is 0.0454 e. The van der Waals surface area contributed by atoms with Crippen LogP contribution in [-0.4, -0.2) is 11.5 Å². The summed E-state index contributed by atoms with van der Waals surface area (Å²) in [5.74, 6) is 0. The van der Waals surface area contributed by atoms with Gasteiger partial charge in [-0.25, -0.2) is 0 Å². The van der Waals surface area contributed by atoms with Gasteiger partial charge in [0.25, 0.3) is 0 Å². The van der Waals surface area contributed by atoms with E-state index in [1.165, 1.54) is 5.56 Å². The van der Waals surface area contributed by atoms with Crippen molar-refractivity contribution >= 4 is 23.0 Å². The highest BCUT2D eigenvalue weighted by molar-refractivity contribution is 5.79. The summed E-state index contributed by atoms with van der Waals surface area (Å²) in [4.78, 5) is 3.30. The lowest BCUT2D eigenvalue weighted by molar-refractivity contribution is 0.942.